The minimum atomic E-state index is 0.734. The number of allylic oxidation sites excluding steroid dienone is 4. The van der Waals surface area contributed by atoms with Crippen LogP contribution >= 0.6 is 0 Å². The maximum atomic E-state index is 5.68. The third-order valence-electron chi connectivity index (χ3n) is 3.55. The Balaban J connectivity index is 1.68. The lowest BCUT2D eigenvalue weighted by molar-refractivity contribution is 0.302. The highest BCUT2D eigenvalue weighted by Crippen LogP contribution is 2.18. The summed E-state index contributed by atoms with van der Waals surface area (Å²) in [6, 6.07) is 0. The molecule has 1 aliphatic carbocycles. The fraction of sp³-hybridized carbons (Fsp3) is 0.556. The average Bonchev–Trinajstić information content (AvgIpc) is 2.55. The molecule has 0 unspecified atom stereocenters. The zero-order valence-corrected chi connectivity index (χ0v) is 13.0. The van der Waals surface area contributed by atoms with Gasteiger partial charge in [0.15, 0.2) is 11.6 Å². The molecule has 0 atom stereocenters. The highest BCUT2D eigenvalue weighted by molar-refractivity contribution is 5.66. The molecule has 1 radical (unpaired) electrons. The van der Waals surface area contributed by atoms with Gasteiger partial charge in [-0.15, -0.1) is 0 Å². The molecule has 21 heavy (non-hydrogen) atoms. The van der Waals surface area contributed by atoms with E-state index in [0.29, 0.717) is 0 Å². The van der Waals surface area contributed by atoms with E-state index in [0.717, 1.165) is 43.0 Å². The van der Waals surface area contributed by atoms with Crippen LogP contribution in [0.3, 0.4) is 0 Å². The summed E-state index contributed by atoms with van der Waals surface area (Å²) in [5.74, 6) is 1.49. The standard InChI is InChI=1S/C18H25N2O/c1-2-3-4-5-6-10-13-21-17-14-19-18(20-15-17)16-11-8-7-9-12-16/h8,12,14-15H,2-7,9-10,13H2,1H3. The number of nitrogens with zero attached hydrogens (tertiary/aromatic N) is 2. The van der Waals surface area contributed by atoms with Gasteiger partial charge >= 0.3 is 0 Å². The SMILES string of the molecule is CCCCCCCCOc1cnc(C2=CCCC=[C]2)nc1. The maximum absolute atomic E-state index is 5.68. The van der Waals surface area contributed by atoms with Crippen molar-refractivity contribution >= 4 is 5.57 Å². The van der Waals surface area contributed by atoms with Crippen LogP contribution in [-0.4, -0.2) is 16.6 Å². The van der Waals surface area contributed by atoms with Crippen molar-refractivity contribution in [1.29, 1.82) is 0 Å². The van der Waals surface area contributed by atoms with Crippen molar-refractivity contribution in [3.63, 3.8) is 0 Å². The summed E-state index contributed by atoms with van der Waals surface area (Å²) in [5.41, 5.74) is 0.990. The first kappa shape index (κ1) is 15.7. The molecule has 0 bridgehead atoms. The second kappa shape index (κ2) is 9.32. The van der Waals surface area contributed by atoms with Crippen molar-refractivity contribution in [1.82, 2.24) is 9.97 Å². The molecule has 1 heterocycles. The zero-order chi connectivity index (χ0) is 14.8. The van der Waals surface area contributed by atoms with E-state index in [4.69, 9.17) is 4.74 Å². The van der Waals surface area contributed by atoms with Crippen LogP contribution < -0.4 is 4.74 Å². The summed E-state index contributed by atoms with van der Waals surface area (Å²) in [6.07, 6.45) is 20.6. The quantitative estimate of drug-likeness (QED) is 0.614. The molecule has 0 spiro atoms. The Hall–Kier alpha value is -1.64. The highest BCUT2D eigenvalue weighted by Gasteiger charge is 2.05. The molecule has 3 heteroatoms. The van der Waals surface area contributed by atoms with Crippen molar-refractivity contribution in [2.45, 2.75) is 58.3 Å². The van der Waals surface area contributed by atoms with Crippen LogP contribution in [0.15, 0.2) is 24.5 Å². The first-order valence-corrected chi connectivity index (χ1v) is 8.13. The monoisotopic (exact) mass is 285 g/mol. The smallest absolute Gasteiger partial charge is 0.159 e. The average molecular weight is 285 g/mol. The summed E-state index contributed by atoms with van der Waals surface area (Å²) in [6.45, 7) is 2.99. The Labute approximate surface area is 128 Å². The van der Waals surface area contributed by atoms with Crippen LogP contribution in [0.4, 0.5) is 0 Å². The van der Waals surface area contributed by atoms with Crippen molar-refractivity contribution in [3.05, 3.63) is 36.4 Å². The van der Waals surface area contributed by atoms with Crippen molar-refractivity contribution in [2.24, 2.45) is 0 Å². The number of rotatable bonds is 9. The third-order valence-corrected chi connectivity index (χ3v) is 3.55. The van der Waals surface area contributed by atoms with Gasteiger partial charge in [-0.25, -0.2) is 9.97 Å². The minimum absolute atomic E-state index is 0.734. The summed E-state index contributed by atoms with van der Waals surface area (Å²) < 4.78 is 5.68. The van der Waals surface area contributed by atoms with Crippen LogP contribution in [0.1, 0.15) is 64.1 Å². The van der Waals surface area contributed by atoms with E-state index in [2.05, 4.69) is 29.0 Å². The predicted molar refractivity (Wildman–Crippen MR) is 85.9 cm³/mol. The molecule has 1 aromatic rings. The first-order chi connectivity index (χ1) is 10.4. The van der Waals surface area contributed by atoms with Gasteiger partial charge in [-0.3, -0.25) is 0 Å². The Bertz CT molecular complexity index is 463. The van der Waals surface area contributed by atoms with Crippen molar-refractivity contribution in [2.75, 3.05) is 6.61 Å². The van der Waals surface area contributed by atoms with Crippen LogP contribution in [0, 0.1) is 6.08 Å². The predicted octanol–water partition coefficient (Wildman–Crippen LogP) is 4.75. The Morgan fingerprint density at radius 2 is 1.81 bits per heavy atom. The number of hydrogen-bond acceptors (Lipinski definition) is 3. The van der Waals surface area contributed by atoms with E-state index in [1.54, 1.807) is 12.4 Å². The zero-order valence-electron chi connectivity index (χ0n) is 13.0. The molecular formula is C18H25N2O. The van der Waals surface area contributed by atoms with Gasteiger partial charge in [-0.2, -0.15) is 0 Å². The van der Waals surface area contributed by atoms with Gasteiger partial charge in [0.1, 0.15) is 0 Å². The molecule has 1 aromatic heterocycles. The van der Waals surface area contributed by atoms with Gasteiger partial charge < -0.3 is 4.74 Å². The van der Waals surface area contributed by atoms with Gasteiger partial charge in [-0.1, -0.05) is 51.2 Å². The van der Waals surface area contributed by atoms with E-state index in [9.17, 15) is 0 Å². The maximum Gasteiger partial charge on any atom is 0.159 e. The lowest BCUT2D eigenvalue weighted by atomic mass is 10.1. The number of aromatic nitrogens is 2. The highest BCUT2D eigenvalue weighted by atomic mass is 16.5. The number of hydrogen-bond donors (Lipinski definition) is 0. The lowest BCUT2D eigenvalue weighted by Crippen LogP contribution is -2.00. The summed E-state index contributed by atoms with van der Waals surface area (Å²) in [7, 11) is 0. The molecule has 0 aromatic carbocycles. The van der Waals surface area contributed by atoms with Crippen LogP contribution in [-0.2, 0) is 0 Å². The van der Waals surface area contributed by atoms with E-state index >= 15 is 0 Å². The molecule has 0 saturated carbocycles. The molecule has 0 amide bonds. The molecule has 2 rings (SSSR count). The number of unbranched alkanes of at least 4 members (excludes halogenated alkanes) is 5. The molecule has 113 valence electrons. The minimum Gasteiger partial charge on any atom is -0.490 e. The van der Waals surface area contributed by atoms with Crippen molar-refractivity contribution < 1.29 is 4.74 Å². The molecular weight excluding hydrogens is 260 g/mol. The second-order valence-electron chi connectivity index (χ2n) is 5.40. The van der Waals surface area contributed by atoms with Gasteiger partial charge in [0.25, 0.3) is 0 Å². The molecule has 0 fully saturated rings. The molecule has 0 N–H and O–H groups in total. The van der Waals surface area contributed by atoms with Gasteiger partial charge in [0.05, 0.1) is 19.0 Å². The van der Waals surface area contributed by atoms with E-state index in [-0.39, 0.29) is 0 Å². The lowest BCUT2D eigenvalue weighted by Gasteiger charge is -2.07. The summed E-state index contributed by atoms with van der Waals surface area (Å²) in [5, 5.41) is 0. The second-order valence-corrected chi connectivity index (χ2v) is 5.40. The fourth-order valence-corrected chi connectivity index (χ4v) is 2.31. The van der Waals surface area contributed by atoms with Gasteiger partial charge in [0.2, 0.25) is 0 Å². The first-order valence-electron chi connectivity index (χ1n) is 8.13. The molecule has 0 aliphatic heterocycles. The topological polar surface area (TPSA) is 35.0 Å². The normalized spacial score (nSPS) is 14.0. The summed E-state index contributed by atoms with van der Waals surface area (Å²) in [4.78, 5) is 8.71. The van der Waals surface area contributed by atoms with E-state index in [1.807, 2.05) is 6.08 Å². The fourth-order valence-electron chi connectivity index (χ4n) is 2.31. The van der Waals surface area contributed by atoms with Gasteiger partial charge in [-0.05, 0) is 25.3 Å². The Morgan fingerprint density at radius 1 is 1.05 bits per heavy atom. The molecule has 0 saturated heterocycles. The van der Waals surface area contributed by atoms with Crippen molar-refractivity contribution in [3.8, 4) is 5.75 Å². The van der Waals surface area contributed by atoms with Gasteiger partial charge in [0, 0.05) is 5.57 Å². The largest absolute Gasteiger partial charge is 0.490 e. The van der Waals surface area contributed by atoms with Crippen LogP contribution in [0.25, 0.3) is 5.57 Å². The molecule has 1 aliphatic rings. The Morgan fingerprint density at radius 3 is 2.52 bits per heavy atom. The van der Waals surface area contributed by atoms with Crippen LogP contribution in [0.5, 0.6) is 5.75 Å². The molecule has 3 nitrogen and oxygen atoms in total. The summed E-state index contributed by atoms with van der Waals surface area (Å²) >= 11 is 0. The van der Waals surface area contributed by atoms with Crippen LogP contribution in [0.2, 0.25) is 0 Å². The Kier molecular flexibility index (Phi) is 6.99. The number of ether oxygens (including phenoxy) is 1. The van der Waals surface area contributed by atoms with E-state index in [1.165, 1.54) is 32.1 Å². The third kappa shape index (κ3) is 5.70. The van der Waals surface area contributed by atoms with E-state index < -0.39 is 0 Å².